The average molecular weight is 300 g/mol. The largest absolute Gasteiger partial charge is 0.493 e. The molecule has 0 bridgehead atoms. The van der Waals surface area contributed by atoms with Crippen molar-refractivity contribution in [1.29, 1.82) is 0 Å². The molecule has 1 atom stereocenters. The Bertz CT molecular complexity index is 434. The van der Waals surface area contributed by atoms with Crippen LogP contribution in [0, 0.1) is 5.82 Å². The van der Waals surface area contributed by atoms with Gasteiger partial charge in [-0.05, 0) is 47.7 Å². The average Bonchev–Trinajstić information content (AvgIpc) is 3.11. The van der Waals surface area contributed by atoms with E-state index in [1.807, 2.05) is 6.07 Å². The van der Waals surface area contributed by atoms with Crippen LogP contribution < -0.4 is 10.1 Å². The number of hydrogen-bond acceptors (Lipinski definition) is 2. The first-order valence-corrected chi connectivity index (χ1v) is 6.91. The van der Waals surface area contributed by atoms with E-state index in [1.54, 1.807) is 0 Å². The van der Waals surface area contributed by atoms with Crippen molar-refractivity contribution in [2.45, 2.75) is 37.8 Å². The van der Waals surface area contributed by atoms with Crippen LogP contribution in [0.1, 0.15) is 37.3 Å². The van der Waals surface area contributed by atoms with E-state index >= 15 is 0 Å². The maximum absolute atomic E-state index is 13.5. The van der Waals surface area contributed by atoms with Gasteiger partial charge in [-0.3, -0.25) is 0 Å². The highest BCUT2D eigenvalue weighted by Gasteiger charge is 2.28. The minimum atomic E-state index is -0.254. The van der Waals surface area contributed by atoms with Crippen LogP contribution in [-0.2, 0) is 0 Å². The molecule has 3 rings (SSSR count). The summed E-state index contributed by atoms with van der Waals surface area (Å²) in [5.74, 6) is 0.442. The predicted molar refractivity (Wildman–Crippen MR) is 67.7 cm³/mol. The molecule has 1 aromatic carbocycles. The number of ether oxygens (including phenoxy) is 1. The molecular formula is C13H15BrFNO. The molecular weight excluding hydrogens is 285 g/mol. The van der Waals surface area contributed by atoms with Crippen molar-refractivity contribution in [3.8, 4) is 5.75 Å². The molecule has 1 saturated carbocycles. The summed E-state index contributed by atoms with van der Waals surface area (Å²) in [7, 11) is 0. The fraction of sp³-hybridized carbons (Fsp3) is 0.538. The Morgan fingerprint density at radius 1 is 1.29 bits per heavy atom. The van der Waals surface area contributed by atoms with Crippen LogP contribution in [0.3, 0.4) is 0 Å². The van der Waals surface area contributed by atoms with Gasteiger partial charge in [-0.15, -0.1) is 0 Å². The van der Waals surface area contributed by atoms with Crippen molar-refractivity contribution < 1.29 is 9.13 Å². The van der Waals surface area contributed by atoms with Gasteiger partial charge in [-0.1, -0.05) is 0 Å². The molecule has 0 spiro atoms. The molecule has 4 heteroatoms. The second-order valence-electron chi connectivity index (χ2n) is 4.79. The summed E-state index contributed by atoms with van der Waals surface area (Å²) < 4.78 is 19.6. The van der Waals surface area contributed by atoms with Crippen molar-refractivity contribution in [2.24, 2.45) is 0 Å². The third kappa shape index (κ3) is 2.47. The zero-order valence-electron chi connectivity index (χ0n) is 9.51. The van der Waals surface area contributed by atoms with Gasteiger partial charge in [-0.25, -0.2) is 4.39 Å². The summed E-state index contributed by atoms with van der Waals surface area (Å²) in [5.41, 5.74) is 1.09. The molecule has 1 fully saturated rings. The number of rotatable bonds is 2. The highest BCUT2D eigenvalue weighted by molar-refractivity contribution is 9.10. The number of benzene rings is 1. The van der Waals surface area contributed by atoms with Gasteiger partial charge in [0.05, 0.1) is 11.1 Å². The summed E-state index contributed by atoms with van der Waals surface area (Å²) in [5, 5.41) is 3.61. The van der Waals surface area contributed by atoms with Crippen LogP contribution in [0.25, 0.3) is 0 Å². The van der Waals surface area contributed by atoms with Crippen LogP contribution in [0.2, 0.25) is 0 Å². The topological polar surface area (TPSA) is 21.3 Å². The van der Waals surface area contributed by atoms with Gasteiger partial charge in [0.15, 0.2) is 0 Å². The zero-order chi connectivity index (χ0) is 11.8. The Balaban J connectivity index is 1.94. The van der Waals surface area contributed by atoms with Crippen LogP contribution in [0.4, 0.5) is 4.39 Å². The molecule has 1 aromatic rings. The maximum Gasteiger partial charge on any atom is 0.141 e. The second-order valence-corrected chi connectivity index (χ2v) is 5.64. The molecule has 1 unspecified atom stereocenters. The number of nitrogens with one attached hydrogen (secondary N) is 1. The van der Waals surface area contributed by atoms with Gasteiger partial charge >= 0.3 is 0 Å². The first-order valence-electron chi connectivity index (χ1n) is 6.12. The van der Waals surface area contributed by atoms with Crippen LogP contribution in [0.15, 0.2) is 16.6 Å². The Morgan fingerprint density at radius 2 is 2.12 bits per heavy atom. The Labute approximate surface area is 109 Å². The number of halogens is 2. The molecule has 2 aliphatic rings. The fourth-order valence-corrected chi connectivity index (χ4v) is 2.64. The van der Waals surface area contributed by atoms with E-state index in [0.29, 0.717) is 28.9 Å². The number of fused-ring (bicyclic) bond motifs is 1. The van der Waals surface area contributed by atoms with Crippen molar-refractivity contribution in [3.05, 3.63) is 28.0 Å². The van der Waals surface area contributed by atoms with Gasteiger partial charge in [-0.2, -0.15) is 0 Å². The van der Waals surface area contributed by atoms with Gasteiger partial charge in [0.1, 0.15) is 11.6 Å². The predicted octanol–water partition coefficient (Wildman–Crippen LogP) is 3.55. The fourth-order valence-electron chi connectivity index (χ4n) is 2.27. The second kappa shape index (κ2) is 4.58. The van der Waals surface area contributed by atoms with E-state index < -0.39 is 0 Å². The third-order valence-electron chi connectivity index (χ3n) is 3.34. The Morgan fingerprint density at radius 3 is 2.88 bits per heavy atom. The van der Waals surface area contributed by atoms with Crippen molar-refractivity contribution in [2.75, 3.05) is 6.61 Å². The molecule has 0 radical (unpaired) electrons. The van der Waals surface area contributed by atoms with Crippen LogP contribution >= 0.6 is 15.9 Å². The van der Waals surface area contributed by atoms with Gasteiger partial charge in [0, 0.05) is 23.7 Å². The first-order chi connectivity index (χ1) is 8.24. The Kier molecular flexibility index (Phi) is 3.09. The summed E-state index contributed by atoms with van der Waals surface area (Å²) in [6.07, 6.45) is 4.59. The van der Waals surface area contributed by atoms with Gasteiger partial charge < -0.3 is 10.1 Å². The van der Waals surface area contributed by atoms with E-state index in [4.69, 9.17) is 4.74 Å². The SMILES string of the molecule is Fc1cc2c(cc1Br)C(NC1CC1)CCCO2. The summed E-state index contributed by atoms with van der Waals surface area (Å²) in [4.78, 5) is 0. The van der Waals surface area contributed by atoms with Crippen molar-refractivity contribution >= 4 is 15.9 Å². The smallest absolute Gasteiger partial charge is 0.141 e. The molecule has 0 amide bonds. The quantitative estimate of drug-likeness (QED) is 0.902. The lowest BCUT2D eigenvalue weighted by atomic mass is 10.0. The standard InChI is InChI=1S/C13H15BrFNO/c14-10-6-9-12(16-8-3-4-8)2-1-5-17-13(9)7-11(10)15/h6-8,12,16H,1-5H2. The zero-order valence-corrected chi connectivity index (χ0v) is 11.1. The first kappa shape index (κ1) is 11.5. The van der Waals surface area contributed by atoms with Crippen molar-refractivity contribution in [1.82, 2.24) is 5.32 Å². The molecule has 17 heavy (non-hydrogen) atoms. The molecule has 1 N–H and O–H groups in total. The molecule has 0 aromatic heterocycles. The van der Waals surface area contributed by atoms with Gasteiger partial charge in [0.25, 0.3) is 0 Å². The van der Waals surface area contributed by atoms with E-state index in [-0.39, 0.29) is 5.82 Å². The molecule has 1 aliphatic carbocycles. The lowest BCUT2D eigenvalue weighted by molar-refractivity contribution is 0.313. The van der Waals surface area contributed by atoms with Gasteiger partial charge in [0.2, 0.25) is 0 Å². The summed E-state index contributed by atoms with van der Waals surface area (Å²) in [6, 6.07) is 4.30. The summed E-state index contributed by atoms with van der Waals surface area (Å²) in [6.45, 7) is 0.677. The number of hydrogen-bond donors (Lipinski definition) is 1. The van der Waals surface area contributed by atoms with Crippen LogP contribution in [-0.4, -0.2) is 12.6 Å². The van der Waals surface area contributed by atoms with E-state index in [1.165, 1.54) is 18.9 Å². The summed E-state index contributed by atoms with van der Waals surface area (Å²) >= 11 is 3.25. The van der Waals surface area contributed by atoms with E-state index in [0.717, 1.165) is 18.4 Å². The monoisotopic (exact) mass is 299 g/mol. The molecule has 1 heterocycles. The molecule has 92 valence electrons. The molecule has 1 aliphatic heterocycles. The maximum atomic E-state index is 13.5. The normalized spacial score (nSPS) is 23.8. The Hall–Kier alpha value is -0.610. The minimum absolute atomic E-state index is 0.254. The van der Waals surface area contributed by atoms with Crippen molar-refractivity contribution in [3.63, 3.8) is 0 Å². The highest BCUT2D eigenvalue weighted by atomic mass is 79.9. The lowest BCUT2D eigenvalue weighted by Crippen LogP contribution is -2.23. The van der Waals surface area contributed by atoms with E-state index in [2.05, 4.69) is 21.2 Å². The van der Waals surface area contributed by atoms with Crippen LogP contribution in [0.5, 0.6) is 5.75 Å². The molecule has 2 nitrogen and oxygen atoms in total. The lowest BCUT2D eigenvalue weighted by Gasteiger charge is -2.18. The minimum Gasteiger partial charge on any atom is -0.493 e. The molecule has 0 saturated heterocycles. The highest BCUT2D eigenvalue weighted by Crippen LogP contribution is 2.37. The van der Waals surface area contributed by atoms with E-state index in [9.17, 15) is 4.39 Å². The third-order valence-corrected chi connectivity index (χ3v) is 3.94.